The summed E-state index contributed by atoms with van der Waals surface area (Å²) in [6.45, 7) is 3.05. The molecule has 114 valence electrons. The second-order valence-corrected chi connectivity index (χ2v) is 5.17. The Kier molecular flexibility index (Phi) is 5.46. The van der Waals surface area contributed by atoms with Gasteiger partial charge in [0.05, 0.1) is 0 Å². The number of carboxylic acid groups (broad SMARTS) is 1. The Balaban J connectivity index is 2.78. The van der Waals surface area contributed by atoms with Gasteiger partial charge in [-0.15, -0.1) is 0 Å². The highest BCUT2D eigenvalue weighted by Crippen LogP contribution is 2.18. The largest absolute Gasteiger partial charge is 0.479 e. The molecule has 6 nitrogen and oxygen atoms in total. The Morgan fingerprint density at radius 1 is 1.24 bits per heavy atom. The first-order valence-electron chi connectivity index (χ1n) is 6.69. The minimum absolute atomic E-state index is 0.0824. The number of rotatable bonds is 7. The third-order valence-corrected chi connectivity index (χ3v) is 3.41. The zero-order valence-electron chi connectivity index (χ0n) is 12.1. The highest BCUT2D eigenvalue weighted by Gasteiger charge is 2.49. The van der Waals surface area contributed by atoms with Crippen LogP contribution >= 0.6 is 0 Å². The van der Waals surface area contributed by atoms with E-state index in [9.17, 15) is 19.5 Å². The third kappa shape index (κ3) is 3.81. The van der Waals surface area contributed by atoms with Crippen LogP contribution in [-0.4, -0.2) is 28.4 Å². The molecule has 0 aliphatic carbocycles. The zero-order valence-corrected chi connectivity index (χ0v) is 12.1. The number of carboxylic acids is 1. The lowest BCUT2D eigenvalue weighted by atomic mass is 9.85. The van der Waals surface area contributed by atoms with Gasteiger partial charge in [-0.05, 0) is 17.9 Å². The summed E-state index contributed by atoms with van der Waals surface area (Å²) in [6.07, 6.45) is 0.540. The van der Waals surface area contributed by atoms with Crippen LogP contribution in [0, 0.1) is 5.92 Å². The maximum absolute atomic E-state index is 12.0. The molecule has 1 unspecified atom stereocenters. The van der Waals surface area contributed by atoms with E-state index in [0.29, 0.717) is 6.42 Å². The van der Waals surface area contributed by atoms with Gasteiger partial charge in [-0.3, -0.25) is 9.59 Å². The second kappa shape index (κ2) is 6.88. The van der Waals surface area contributed by atoms with Crippen LogP contribution < -0.4 is 11.1 Å². The normalized spacial score (nSPS) is 13.5. The summed E-state index contributed by atoms with van der Waals surface area (Å²) in [7, 11) is 0. The van der Waals surface area contributed by atoms with Gasteiger partial charge >= 0.3 is 5.97 Å². The molecule has 0 radical (unpaired) electrons. The van der Waals surface area contributed by atoms with Crippen LogP contribution in [0.1, 0.15) is 25.8 Å². The van der Waals surface area contributed by atoms with Crippen molar-refractivity contribution in [1.82, 2.24) is 5.32 Å². The molecule has 0 saturated heterocycles. The van der Waals surface area contributed by atoms with E-state index in [4.69, 9.17) is 5.73 Å². The maximum Gasteiger partial charge on any atom is 0.339 e. The Hall–Kier alpha value is -2.37. The van der Waals surface area contributed by atoms with Crippen LogP contribution in [0.25, 0.3) is 0 Å². The number of benzene rings is 1. The first-order chi connectivity index (χ1) is 9.80. The van der Waals surface area contributed by atoms with Gasteiger partial charge in [0.2, 0.25) is 11.4 Å². The lowest BCUT2D eigenvalue weighted by Crippen LogP contribution is -2.65. The number of hydrogen-bond donors (Lipinski definition) is 3. The standard InChI is InChI=1S/C15H20N2O4/c1-10(2)15(13(16)19,14(20)21)17-12(18)9-8-11-6-4-3-5-7-11/h3-7,10H,8-9H2,1-2H3,(H2,16,19)(H,17,18)(H,20,21). The molecule has 1 atom stereocenters. The Morgan fingerprint density at radius 2 is 1.81 bits per heavy atom. The molecule has 0 saturated carbocycles. The van der Waals surface area contributed by atoms with E-state index >= 15 is 0 Å². The first kappa shape index (κ1) is 16.7. The predicted octanol–water partition coefficient (Wildman–Crippen LogP) is 0.700. The Labute approximate surface area is 123 Å². The highest BCUT2D eigenvalue weighted by atomic mass is 16.4. The molecule has 1 aromatic rings. The van der Waals surface area contributed by atoms with Gasteiger partial charge < -0.3 is 16.2 Å². The topological polar surface area (TPSA) is 109 Å². The number of nitrogens with one attached hydrogen (secondary N) is 1. The number of carbonyl (C=O) groups is 3. The summed E-state index contributed by atoms with van der Waals surface area (Å²) in [5.41, 5.74) is 4.07. The molecule has 0 bridgehead atoms. The average Bonchev–Trinajstić information content (AvgIpc) is 2.42. The van der Waals surface area contributed by atoms with Gasteiger partial charge in [-0.1, -0.05) is 44.2 Å². The molecule has 4 N–H and O–H groups in total. The van der Waals surface area contributed by atoms with Crippen molar-refractivity contribution in [2.45, 2.75) is 32.2 Å². The number of aryl methyl sites for hydroxylation is 1. The van der Waals surface area contributed by atoms with Crippen LogP contribution in [0.4, 0.5) is 0 Å². The first-order valence-corrected chi connectivity index (χ1v) is 6.69. The molecule has 0 fully saturated rings. The van der Waals surface area contributed by atoms with E-state index in [1.54, 1.807) is 0 Å². The number of hydrogen-bond acceptors (Lipinski definition) is 3. The van der Waals surface area contributed by atoms with Gasteiger partial charge in [0.1, 0.15) is 0 Å². The van der Waals surface area contributed by atoms with Crippen LogP contribution in [0.5, 0.6) is 0 Å². The monoisotopic (exact) mass is 292 g/mol. The van der Waals surface area contributed by atoms with Crippen molar-refractivity contribution in [3.05, 3.63) is 35.9 Å². The maximum atomic E-state index is 12.0. The van der Waals surface area contributed by atoms with Gasteiger partial charge in [-0.25, -0.2) is 4.79 Å². The molecular formula is C15H20N2O4. The fourth-order valence-corrected chi connectivity index (χ4v) is 2.08. The number of carbonyl (C=O) groups excluding carboxylic acids is 2. The van der Waals surface area contributed by atoms with Crippen LogP contribution in [0.2, 0.25) is 0 Å². The molecule has 21 heavy (non-hydrogen) atoms. The lowest BCUT2D eigenvalue weighted by molar-refractivity contribution is -0.155. The van der Waals surface area contributed by atoms with Crippen LogP contribution in [-0.2, 0) is 20.8 Å². The molecule has 1 rings (SSSR count). The number of nitrogens with two attached hydrogens (primary N) is 1. The fraction of sp³-hybridized carbons (Fsp3) is 0.400. The number of primary amides is 1. The van der Waals surface area contributed by atoms with E-state index < -0.39 is 29.2 Å². The molecule has 0 aliphatic rings. The van der Waals surface area contributed by atoms with Crippen molar-refractivity contribution in [2.24, 2.45) is 11.7 Å². The molecule has 2 amide bonds. The average molecular weight is 292 g/mol. The second-order valence-electron chi connectivity index (χ2n) is 5.17. The van der Waals surface area contributed by atoms with Gasteiger partial charge in [-0.2, -0.15) is 0 Å². The summed E-state index contributed by atoms with van der Waals surface area (Å²) in [5, 5.41) is 11.6. The summed E-state index contributed by atoms with van der Waals surface area (Å²) >= 11 is 0. The van der Waals surface area contributed by atoms with Crippen LogP contribution in [0.15, 0.2) is 30.3 Å². The van der Waals surface area contributed by atoms with Gasteiger partial charge in [0.15, 0.2) is 0 Å². The Bertz CT molecular complexity index is 512. The summed E-state index contributed by atoms with van der Waals surface area (Å²) in [4.78, 5) is 34.9. The van der Waals surface area contributed by atoms with E-state index in [-0.39, 0.29) is 6.42 Å². The highest BCUT2D eigenvalue weighted by molar-refractivity contribution is 6.09. The quantitative estimate of drug-likeness (QED) is 0.642. The molecule has 1 aromatic carbocycles. The van der Waals surface area contributed by atoms with E-state index in [1.807, 2.05) is 30.3 Å². The van der Waals surface area contributed by atoms with E-state index in [2.05, 4.69) is 5.32 Å². The minimum Gasteiger partial charge on any atom is -0.479 e. The van der Waals surface area contributed by atoms with E-state index in [0.717, 1.165) is 5.56 Å². The predicted molar refractivity (Wildman–Crippen MR) is 77.3 cm³/mol. The summed E-state index contributed by atoms with van der Waals surface area (Å²) in [6, 6.07) is 9.31. The van der Waals surface area contributed by atoms with Crippen molar-refractivity contribution < 1.29 is 19.5 Å². The minimum atomic E-state index is -2.08. The summed E-state index contributed by atoms with van der Waals surface area (Å²) < 4.78 is 0. The van der Waals surface area contributed by atoms with Crippen molar-refractivity contribution >= 4 is 17.8 Å². The van der Waals surface area contributed by atoms with Gasteiger partial charge in [0.25, 0.3) is 5.91 Å². The van der Waals surface area contributed by atoms with E-state index in [1.165, 1.54) is 13.8 Å². The number of amides is 2. The zero-order chi connectivity index (χ0) is 16.0. The van der Waals surface area contributed by atoms with Crippen molar-refractivity contribution in [3.8, 4) is 0 Å². The number of aliphatic carboxylic acids is 1. The molecule has 6 heteroatoms. The smallest absolute Gasteiger partial charge is 0.339 e. The SMILES string of the molecule is CC(C)C(NC(=O)CCc1ccccc1)(C(N)=O)C(=O)O. The lowest BCUT2D eigenvalue weighted by Gasteiger charge is -2.30. The van der Waals surface area contributed by atoms with Crippen molar-refractivity contribution in [3.63, 3.8) is 0 Å². The summed E-state index contributed by atoms with van der Waals surface area (Å²) in [5.74, 6) is -3.70. The van der Waals surface area contributed by atoms with Crippen LogP contribution in [0.3, 0.4) is 0 Å². The third-order valence-electron chi connectivity index (χ3n) is 3.41. The van der Waals surface area contributed by atoms with Gasteiger partial charge in [0, 0.05) is 6.42 Å². The molecular weight excluding hydrogens is 272 g/mol. The Morgan fingerprint density at radius 3 is 2.24 bits per heavy atom. The molecule has 0 aliphatic heterocycles. The molecule has 0 spiro atoms. The van der Waals surface area contributed by atoms with Crippen molar-refractivity contribution in [1.29, 1.82) is 0 Å². The molecule has 0 heterocycles. The van der Waals surface area contributed by atoms with Crippen molar-refractivity contribution in [2.75, 3.05) is 0 Å². The fourth-order valence-electron chi connectivity index (χ4n) is 2.08. The molecule has 0 aromatic heterocycles.